The van der Waals surface area contributed by atoms with Gasteiger partial charge < -0.3 is 5.11 Å². The summed E-state index contributed by atoms with van der Waals surface area (Å²) in [7, 11) is 0. The minimum Gasteiger partial charge on any atom is -0.478 e. The second kappa shape index (κ2) is 6.84. The van der Waals surface area contributed by atoms with Gasteiger partial charge in [0.2, 0.25) is 5.91 Å². The zero-order valence-corrected chi connectivity index (χ0v) is 11.2. The molecule has 2 rings (SSSR count). The van der Waals surface area contributed by atoms with Gasteiger partial charge in [0.05, 0.1) is 11.8 Å². The number of amides is 1. The maximum absolute atomic E-state index is 11.9. The standard InChI is InChI=1S/C15H18N2O3/c18-14(11-6-2-1-3-7-11)17-16-10-12-8-4-5-9-13(12)15(19)20/h4-5,8-11H,1-3,6-7H2,(H,17,18)(H,19,20)/b16-10-. The van der Waals surface area contributed by atoms with Crippen molar-refractivity contribution in [1.29, 1.82) is 0 Å². The van der Waals surface area contributed by atoms with Gasteiger partial charge in [-0.15, -0.1) is 0 Å². The molecule has 0 bridgehead atoms. The third-order valence-corrected chi connectivity index (χ3v) is 3.55. The summed E-state index contributed by atoms with van der Waals surface area (Å²) >= 11 is 0. The summed E-state index contributed by atoms with van der Waals surface area (Å²) in [5.74, 6) is -1.05. The molecule has 2 N–H and O–H groups in total. The Balaban J connectivity index is 1.96. The van der Waals surface area contributed by atoms with E-state index >= 15 is 0 Å². The molecule has 1 fully saturated rings. The molecule has 1 aromatic rings. The van der Waals surface area contributed by atoms with Crippen LogP contribution in [0.4, 0.5) is 0 Å². The highest BCUT2D eigenvalue weighted by Gasteiger charge is 2.20. The van der Waals surface area contributed by atoms with Gasteiger partial charge in [0.25, 0.3) is 0 Å². The highest BCUT2D eigenvalue weighted by Crippen LogP contribution is 2.23. The van der Waals surface area contributed by atoms with Crippen molar-refractivity contribution >= 4 is 18.1 Å². The molecule has 0 spiro atoms. The summed E-state index contributed by atoms with van der Waals surface area (Å²) in [6.45, 7) is 0. The van der Waals surface area contributed by atoms with Crippen LogP contribution in [0.5, 0.6) is 0 Å². The summed E-state index contributed by atoms with van der Waals surface area (Å²) in [6, 6.07) is 6.55. The van der Waals surface area contributed by atoms with Gasteiger partial charge in [-0.25, -0.2) is 10.2 Å². The summed E-state index contributed by atoms with van der Waals surface area (Å²) in [5.41, 5.74) is 3.15. The number of nitrogens with zero attached hydrogens (tertiary/aromatic N) is 1. The Morgan fingerprint density at radius 2 is 1.90 bits per heavy atom. The fourth-order valence-electron chi connectivity index (χ4n) is 2.43. The fraction of sp³-hybridized carbons (Fsp3) is 0.400. The van der Waals surface area contributed by atoms with Gasteiger partial charge >= 0.3 is 5.97 Å². The minimum absolute atomic E-state index is 0.0376. The summed E-state index contributed by atoms with van der Waals surface area (Å²) < 4.78 is 0. The van der Waals surface area contributed by atoms with Crippen molar-refractivity contribution in [3.63, 3.8) is 0 Å². The van der Waals surface area contributed by atoms with Gasteiger partial charge in [-0.3, -0.25) is 4.79 Å². The molecule has 5 heteroatoms. The lowest BCUT2D eigenvalue weighted by atomic mass is 9.89. The first kappa shape index (κ1) is 14.2. The zero-order chi connectivity index (χ0) is 14.4. The van der Waals surface area contributed by atoms with E-state index in [4.69, 9.17) is 5.11 Å². The largest absolute Gasteiger partial charge is 0.478 e. The van der Waals surface area contributed by atoms with Crippen LogP contribution in [0, 0.1) is 5.92 Å². The van der Waals surface area contributed by atoms with E-state index in [0.717, 1.165) is 25.7 Å². The van der Waals surface area contributed by atoms with Crippen LogP contribution in [0.15, 0.2) is 29.4 Å². The van der Waals surface area contributed by atoms with Gasteiger partial charge in [-0.1, -0.05) is 37.5 Å². The number of carboxylic acid groups (broad SMARTS) is 1. The molecule has 0 atom stereocenters. The third kappa shape index (κ3) is 3.66. The van der Waals surface area contributed by atoms with Crippen LogP contribution < -0.4 is 5.43 Å². The molecule has 106 valence electrons. The summed E-state index contributed by atoms with van der Waals surface area (Å²) in [6.07, 6.45) is 6.57. The summed E-state index contributed by atoms with van der Waals surface area (Å²) in [5, 5.41) is 12.9. The van der Waals surface area contributed by atoms with E-state index in [-0.39, 0.29) is 17.4 Å². The first-order chi connectivity index (χ1) is 9.68. The van der Waals surface area contributed by atoms with Crippen LogP contribution >= 0.6 is 0 Å². The van der Waals surface area contributed by atoms with Crippen molar-refractivity contribution in [3.05, 3.63) is 35.4 Å². The number of carbonyl (C=O) groups excluding carboxylic acids is 1. The molecule has 5 nitrogen and oxygen atoms in total. The van der Waals surface area contributed by atoms with Gasteiger partial charge in [-0.05, 0) is 18.9 Å². The van der Waals surface area contributed by atoms with E-state index in [2.05, 4.69) is 10.5 Å². The van der Waals surface area contributed by atoms with Crippen LogP contribution in [-0.2, 0) is 4.79 Å². The first-order valence-corrected chi connectivity index (χ1v) is 6.83. The van der Waals surface area contributed by atoms with Crippen molar-refractivity contribution in [2.75, 3.05) is 0 Å². The number of carboxylic acids is 1. The van der Waals surface area contributed by atoms with Gasteiger partial charge in [-0.2, -0.15) is 5.10 Å². The number of rotatable bonds is 4. The minimum atomic E-state index is -1.01. The number of nitrogens with one attached hydrogen (secondary N) is 1. The van der Waals surface area contributed by atoms with E-state index in [1.165, 1.54) is 18.7 Å². The number of hydrogen-bond acceptors (Lipinski definition) is 3. The van der Waals surface area contributed by atoms with Crippen LogP contribution in [0.2, 0.25) is 0 Å². The van der Waals surface area contributed by atoms with Crippen molar-refractivity contribution in [2.45, 2.75) is 32.1 Å². The average molecular weight is 274 g/mol. The molecule has 0 aliphatic heterocycles. The SMILES string of the molecule is O=C(O)c1ccccc1/C=N\NC(=O)C1CCCCC1. The Kier molecular flexibility index (Phi) is 4.87. The van der Waals surface area contributed by atoms with Crippen LogP contribution in [0.1, 0.15) is 48.0 Å². The molecular weight excluding hydrogens is 256 g/mol. The predicted molar refractivity (Wildman–Crippen MR) is 75.7 cm³/mol. The van der Waals surface area contributed by atoms with Crippen LogP contribution in [0.25, 0.3) is 0 Å². The summed E-state index contributed by atoms with van der Waals surface area (Å²) in [4.78, 5) is 22.9. The predicted octanol–water partition coefficient (Wildman–Crippen LogP) is 2.42. The Morgan fingerprint density at radius 3 is 2.60 bits per heavy atom. The van der Waals surface area contributed by atoms with Crippen molar-refractivity contribution < 1.29 is 14.7 Å². The van der Waals surface area contributed by atoms with Crippen molar-refractivity contribution in [1.82, 2.24) is 5.43 Å². The third-order valence-electron chi connectivity index (χ3n) is 3.55. The lowest BCUT2D eigenvalue weighted by Gasteiger charge is -2.19. The molecule has 0 heterocycles. The fourth-order valence-corrected chi connectivity index (χ4v) is 2.43. The molecular formula is C15H18N2O3. The lowest BCUT2D eigenvalue weighted by molar-refractivity contribution is -0.125. The van der Waals surface area contributed by atoms with Crippen molar-refractivity contribution in [2.24, 2.45) is 11.0 Å². The van der Waals surface area contributed by atoms with Crippen LogP contribution in [-0.4, -0.2) is 23.2 Å². The number of aromatic carboxylic acids is 1. The van der Waals surface area contributed by atoms with Gasteiger partial charge in [0, 0.05) is 11.5 Å². The number of hydrogen-bond donors (Lipinski definition) is 2. The molecule has 0 aromatic heterocycles. The van der Waals surface area contributed by atoms with E-state index in [1.807, 2.05) is 0 Å². The Bertz CT molecular complexity index is 520. The molecule has 0 saturated heterocycles. The Hall–Kier alpha value is -2.17. The Labute approximate surface area is 117 Å². The lowest BCUT2D eigenvalue weighted by Crippen LogP contribution is -2.28. The van der Waals surface area contributed by atoms with E-state index < -0.39 is 5.97 Å². The second-order valence-electron chi connectivity index (χ2n) is 4.96. The first-order valence-electron chi connectivity index (χ1n) is 6.83. The molecule has 1 aromatic carbocycles. The van der Waals surface area contributed by atoms with E-state index in [9.17, 15) is 9.59 Å². The molecule has 0 unspecified atom stereocenters. The molecule has 1 aliphatic carbocycles. The van der Waals surface area contributed by atoms with Crippen molar-refractivity contribution in [3.8, 4) is 0 Å². The molecule has 1 amide bonds. The maximum Gasteiger partial charge on any atom is 0.336 e. The molecule has 1 saturated carbocycles. The normalized spacial score (nSPS) is 16.2. The van der Waals surface area contributed by atoms with E-state index in [0.29, 0.717) is 5.56 Å². The quantitative estimate of drug-likeness (QED) is 0.653. The topological polar surface area (TPSA) is 78.8 Å². The second-order valence-corrected chi connectivity index (χ2v) is 4.96. The zero-order valence-electron chi connectivity index (χ0n) is 11.2. The smallest absolute Gasteiger partial charge is 0.336 e. The number of hydrazone groups is 1. The molecule has 1 aliphatic rings. The van der Waals surface area contributed by atoms with E-state index in [1.54, 1.807) is 18.2 Å². The Morgan fingerprint density at radius 1 is 1.20 bits per heavy atom. The van der Waals surface area contributed by atoms with Crippen LogP contribution in [0.3, 0.4) is 0 Å². The highest BCUT2D eigenvalue weighted by molar-refractivity contribution is 5.98. The molecule has 20 heavy (non-hydrogen) atoms. The van der Waals surface area contributed by atoms with Gasteiger partial charge in [0.1, 0.15) is 0 Å². The highest BCUT2D eigenvalue weighted by atomic mass is 16.4. The average Bonchev–Trinajstić information content (AvgIpc) is 2.48. The van der Waals surface area contributed by atoms with Gasteiger partial charge in [0.15, 0.2) is 0 Å². The molecule has 0 radical (unpaired) electrons. The maximum atomic E-state index is 11.9. The number of benzene rings is 1. The monoisotopic (exact) mass is 274 g/mol. The number of carbonyl (C=O) groups is 2.